The highest BCUT2D eigenvalue weighted by molar-refractivity contribution is 5.99. The fourth-order valence-electron chi connectivity index (χ4n) is 4.11. The van der Waals surface area contributed by atoms with Crippen LogP contribution in [0.5, 0.6) is 11.5 Å². The summed E-state index contributed by atoms with van der Waals surface area (Å²) in [4.78, 5) is 9.61. The van der Waals surface area contributed by atoms with E-state index in [1.54, 1.807) is 0 Å². The molecule has 2 aromatic heterocycles. The van der Waals surface area contributed by atoms with Crippen LogP contribution in [0.3, 0.4) is 0 Å². The van der Waals surface area contributed by atoms with E-state index in [0.717, 1.165) is 23.1 Å². The van der Waals surface area contributed by atoms with E-state index in [0.29, 0.717) is 35.4 Å². The van der Waals surface area contributed by atoms with Crippen molar-refractivity contribution in [3.8, 4) is 22.8 Å². The van der Waals surface area contributed by atoms with Crippen molar-refractivity contribution in [1.82, 2.24) is 19.7 Å². The van der Waals surface area contributed by atoms with Gasteiger partial charge in [-0.25, -0.2) is 9.67 Å². The van der Waals surface area contributed by atoms with Crippen LogP contribution in [0.1, 0.15) is 26.3 Å². The predicted molar refractivity (Wildman–Crippen MR) is 145 cm³/mol. The van der Waals surface area contributed by atoms with E-state index < -0.39 is 0 Å². The minimum absolute atomic E-state index is 0.304. The molecule has 0 aliphatic rings. The Labute approximate surface area is 211 Å². The van der Waals surface area contributed by atoms with Crippen molar-refractivity contribution in [3.05, 3.63) is 90.5 Å². The van der Waals surface area contributed by atoms with Crippen molar-refractivity contribution in [1.29, 1.82) is 0 Å². The van der Waals surface area contributed by atoms with E-state index >= 15 is 0 Å². The molecule has 3 N–H and O–H groups in total. The summed E-state index contributed by atoms with van der Waals surface area (Å²) >= 11 is 0. The number of hydrogen-bond acceptors (Lipinski definition) is 6. The van der Waals surface area contributed by atoms with Crippen LogP contribution in [-0.2, 0) is 12.0 Å². The first-order valence-corrected chi connectivity index (χ1v) is 12.1. The van der Waals surface area contributed by atoms with Crippen LogP contribution in [0.25, 0.3) is 22.3 Å². The second-order valence-corrected chi connectivity index (χ2v) is 9.67. The molecule has 0 fully saturated rings. The van der Waals surface area contributed by atoms with Crippen molar-refractivity contribution in [2.24, 2.45) is 0 Å². The summed E-state index contributed by atoms with van der Waals surface area (Å²) in [7, 11) is 0. The summed E-state index contributed by atoms with van der Waals surface area (Å²) in [5.41, 5.74) is 9.72. The van der Waals surface area contributed by atoms with Gasteiger partial charge in [-0.15, -0.1) is 5.10 Å². The quantitative estimate of drug-likeness (QED) is 0.286. The molecule has 182 valence electrons. The Morgan fingerprint density at radius 2 is 1.56 bits per heavy atom. The molecule has 7 nitrogen and oxygen atoms in total. The molecule has 5 rings (SSSR count). The maximum Gasteiger partial charge on any atom is 0.225 e. The zero-order valence-corrected chi connectivity index (χ0v) is 20.8. The molecule has 3 aromatic carbocycles. The van der Waals surface area contributed by atoms with Crippen molar-refractivity contribution < 1.29 is 4.74 Å². The van der Waals surface area contributed by atoms with E-state index in [2.05, 4.69) is 38.2 Å². The van der Waals surface area contributed by atoms with Crippen LogP contribution in [0, 0.1) is 0 Å². The average molecular weight is 479 g/mol. The standard InChI is InChI=1S/C29H30N6O/c1-29(2,3)35-26(30)24-25(21-13-10-16-23(19-21)36-22-14-8-5-9-15-22)32-28(33-27(24)34-35)31-18-17-20-11-6-4-7-12-20/h4-16,19H,17-18,30H2,1-3H3,(H,31,33,34). The van der Waals surface area contributed by atoms with Crippen LogP contribution >= 0.6 is 0 Å². The van der Waals surface area contributed by atoms with Gasteiger partial charge in [0, 0.05) is 12.1 Å². The van der Waals surface area contributed by atoms with E-state index in [9.17, 15) is 0 Å². The van der Waals surface area contributed by atoms with Crippen LogP contribution in [0.4, 0.5) is 11.8 Å². The van der Waals surface area contributed by atoms with E-state index in [1.807, 2.05) is 77.5 Å². The van der Waals surface area contributed by atoms with Gasteiger partial charge in [-0.3, -0.25) is 0 Å². The van der Waals surface area contributed by atoms with Crippen LogP contribution in [-0.4, -0.2) is 26.3 Å². The molecule has 0 saturated heterocycles. The number of fused-ring (bicyclic) bond motifs is 1. The molecule has 7 heteroatoms. The maximum absolute atomic E-state index is 6.62. The van der Waals surface area contributed by atoms with Gasteiger partial charge in [-0.1, -0.05) is 60.7 Å². The zero-order chi connectivity index (χ0) is 25.1. The van der Waals surface area contributed by atoms with Crippen LogP contribution in [0.15, 0.2) is 84.9 Å². The molecule has 0 unspecified atom stereocenters. The second kappa shape index (κ2) is 9.70. The minimum atomic E-state index is -0.304. The third-order valence-electron chi connectivity index (χ3n) is 5.83. The third-order valence-corrected chi connectivity index (χ3v) is 5.83. The molecule has 0 radical (unpaired) electrons. The molecule has 0 bridgehead atoms. The van der Waals surface area contributed by atoms with E-state index in [-0.39, 0.29) is 5.54 Å². The first kappa shape index (κ1) is 23.4. The van der Waals surface area contributed by atoms with Crippen molar-refractivity contribution >= 4 is 22.8 Å². The number of rotatable bonds is 7. The van der Waals surface area contributed by atoms with Crippen LogP contribution in [0.2, 0.25) is 0 Å². The minimum Gasteiger partial charge on any atom is -0.457 e. The van der Waals surface area contributed by atoms with Gasteiger partial charge in [0.15, 0.2) is 5.65 Å². The van der Waals surface area contributed by atoms with Crippen molar-refractivity contribution in [2.45, 2.75) is 32.7 Å². The zero-order valence-electron chi connectivity index (χ0n) is 20.8. The molecule has 5 aromatic rings. The molecule has 2 heterocycles. The summed E-state index contributed by atoms with van der Waals surface area (Å²) in [6, 6.07) is 27.9. The number of anilines is 2. The Bertz CT molecular complexity index is 1470. The molecular formula is C29H30N6O. The third kappa shape index (κ3) is 5.00. The second-order valence-electron chi connectivity index (χ2n) is 9.67. The van der Waals surface area contributed by atoms with Gasteiger partial charge in [-0.2, -0.15) is 4.98 Å². The van der Waals surface area contributed by atoms with Crippen molar-refractivity contribution in [3.63, 3.8) is 0 Å². The van der Waals surface area contributed by atoms with Gasteiger partial charge in [0.25, 0.3) is 0 Å². The summed E-state index contributed by atoms with van der Waals surface area (Å²) in [6.07, 6.45) is 0.858. The monoisotopic (exact) mass is 478 g/mol. The Morgan fingerprint density at radius 1 is 0.861 bits per heavy atom. The summed E-state index contributed by atoms with van der Waals surface area (Å²) in [5.74, 6) is 2.54. The van der Waals surface area contributed by atoms with Crippen molar-refractivity contribution in [2.75, 3.05) is 17.6 Å². The number of benzene rings is 3. The van der Waals surface area contributed by atoms with Gasteiger partial charge >= 0.3 is 0 Å². The molecule has 0 aliphatic heterocycles. The fraction of sp³-hybridized carbons (Fsp3) is 0.207. The first-order valence-electron chi connectivity index (χ1n) is 12.1. The van der Waals surface area contributed by atoms with E-state index in [1.165, 1.54) is 5.56 Å². The average Bonchev–Trinajstić information content (AvgIpc) is 3.22. The Hall–Kier alpha value is -4.39. The van der Waals surface area contributed by atoms with Gasteiger partial charge in [0.2, 0.25) is 5.95 Å². The lowest BCUT2D eigenvalue weighted by Gasteiger charge is -2.20. The van der Waals surface area contributed by atoms with Gasteiger partial charge in [0.05, 0.1) is 16.6 Å². The lowest BCUT2D eigenvalue weighted by Crippen LogP contribution is -2.24. The Morgan fingerprint density at radius 3 is 2.28 bits per heavy atom. The van der Waals surface area contributed by atoms with E-state index in [4.69, 9.17) is 25.5 Å². The van der Waals surface area contributed by atoms with Gasteiger partial charge in [0.1, 0.15) is 17.3 Å². The smallest absolute Gasteiger partial charge is 0.225 e. The predicted octanol–water partition coefficient (Wildman–Crippen LogP) is 6.28. The normalized spacial score (nSPS) is 11.5. The number of ether oxygens (including phenoxy) is 1. The summed E-state index contributed by atoms with van der Waals surface area (Å²) in [5, 5.41) is 8.86. The Kier molecular flexibility index (Phi) is 6.29. The lowest BCUT2D eigenvalue weighted by molar-refractivity contribution is 0.364. The summed E-state index contributed by atoms with van der Waals surface area (Å²) in [6.45, 7) is 6.89. The first-order chi connectivity index (χ1) is 17.4. The molecule has 0 spiro atoms. The number of hydrogen-bond donors (Lipinski definition) is 2. The van der Waals surface area contributed by atoms with Crippen LogP contribution < -0.4 is 15.8 Å². The number of para-hydroxylation sites is 1. The topological polar surface area (TPSA) is 90.9 Å². The summed E-state index contributed by atoms with van der Waals surface area (Å²) < 4.78 is 7.89. The SMILES string of the molecule is CC(C)(C)n1nc2nc(NCCc3ccccc3)nc(-c3cccc(Oc4ccccc4)c3)c2c1N. The molecule has 0 atom stereocenters. The Balaban J connectivity index is 1.54. The lowest BCUT2D eigenvalue weighted by atomic mass is 10.1. The van der Waals surface area contributed by atoms with Gasteiger partial charge in [-0.05, 0) is 57.0 Å². The fourth-order valence-corrected chi connectivity index (χ4v) is 4.11. The maximum atomic E-state index is 6.62. The molecular weight excluding hydrogens is 448 g/mol. The number of nitrogens with zero attached hydrogens (tertiary/aromatic N) is 4. The number of nitrogens with one attached hydrogen (secondary N) is 1. The molecule has 36 heavy (non-hydrogen) atoms. The number of nitrogens with two attached hydrogens (primary N) is 1. The highest BCUT2D eigenvalue weighted by Gasteiger charge is 2.24. The number of nitrogen functional groups attached to an aromatic ring is 1. The number of aromatic nitrogens is 4. The highest BCUT2D eigenvalue weighted by atomic mass is 16.5. The largest absolute Gasteiger partial charge is 0.457 e. The molecule has 0 saturated carbocycles. The van der Waals surface area contributed by atoms with Gasteiger partial charge < -0.3 is 15.8 Å². The molecule has 0 amide bonds. The molecule has 0 aliphatic carbocycles. The highest BCUT2D eigenvalue weighted by Crippen LogP contribution is 2.35.